The van der Waals surface area contributed by atoms with E-state index in [4.69, 9.17) is 15.4 Å². The number of carbonyl (C=O) groups excluding carboxylic acids is 1. The van der Waals surface area contributed by atoms with E-state index in [1.54, 1.807) is 11.0 Å². The first-order chi connectivity index (χ1) is 9.67. The standard InChI is InChI=1S/C13H20N4O3/c1-2-11(12(14)15-19)16-4-6-17(7-5-16)13(18)10-3-8-20-9-10/h3,8-9,11,19H,2,4-7H2,1H3,(H2,14,15). The zero-order valence-electron chi connectivity index (χ0n) is 11.5. The third kappa shape index (κ3) is 2.93. The van der Waals surface area contributed by atoms with Crippen LogP contribution >= 0.6 is 0 Å². The van der Waals surface area contributed by atoms with Gasteiger partial charge in [-0.3, -0.25) is 9.69 Å². The van der Waals surface area contributed by atoms with Crippen LogP contribution in [0, 0.1) is 0 Å². The Labute approximate surface area is 117 Å². The van der Waals surface area contributed by atoms with Crippen molar-refractivity contribution >= 4 is 11.7 Å². The van der Waals surface area contributed by atoms with Gasteiger partial charge in [-0.15, -0.1) is 0 Å². The predicted octanol–water partition coefficient (Wildman–Crippen LogP) is 0.562. The molecule has 0 spiro atoms. The van der Waals surface area contributed by atoms with Crippen LogP contribution in [0.2, 0.25) is 0 Å². The Balaban J connectivity index is 1.94. The fourth-order valence-electron chi connectivity index (χ4n) is 2.53. The summed E-state index contributed by atoms with van der Waals surface area (Å²) in [5, 5.41) is 11.9. The van der Waals surface area contributed by atoms with Crippen LogP contribution in [0.1, 0.15) is 23.7 Å². The maximum absolute atomic E-state index is 12.2. The Morgan fingerprint density at radius 1 is 1.50 bits per heavy atom. The number of nitrogens with two attached hydrogens (primary N) is 1. The number of hydrogen-bond acceptors (Lipinski definition) is 5. The van der Waals surface area contributed by atoms with Crippen LogP contribution in [0.3, 0.4) is 0 Å². The summed E-state index contributed by atoms with van der Waals surface area (Å²) >= 11 is 0. The Bertz CT molecular complexity index is 464. The molecule has 2 heterocycles. The predicted molar refractivity (Wildman–Crippen MR) is 73.7 cm³/mol. The lowest BCUT2D eigenvalue weighted by molar-refractivity contribution is 0.0608. The molecule has 1 amide bonds. The average Bonchev–Trinajstić information content (AvgIpc) is 3.02. The van der Waals surface area contributed by atoms with Crippen molar-refractivity contribution in [3.05, 3.63) is 24.2 Å². The van der Waals surface area contributed by atoms with Gasteiger partial charge in [-0.2, -0.15) is 0 Å². The minimum atomic E-state index is -0.0776. The fraction of sp³-hybridized carbons (Fsp3) is 0.538. The van der Waals surface area contributed by atoms with Gasteiger partial charge in [0.2, 0.25) is 0 Å². The summed E-state index contributed by atoms with van der Waals surface area (Å²) < 4.78 is 4.93. The molecule has 110 valence electrons. The maximum atomic E-state index is 12.2. The highest BCUT2D eigenvalue weighted by atomic mass is 16.4. The number of amides is 1. The summed E-state index contributed by atoms with van der Waals surface area (Å²) in [5.41, 5.74) is 6.27. The van der Waals surface area contributed by atoms with E-state index in [1.807, 2.05) is 6.92 Å². The van der Waals surface area contributed by atoms with E-state index < -0.39 is 0 Å². The third-order valence-electron chi connectivity index (χ3n) is 3.65. The van der Waals surface area contributed by atoms with Crippen molar-refractivity contribution in [2.75, 3.05) is 26.2 Å². The Kier molecular flexibility index (Phi) is 4.62. The first kappa shape index (κ1) is 14.4. The molecule has 1 atom stereocenters. The average molecular weight is 280 g/mol. The molecule has 0 aliphatic carbocycles. The van der Waals surface area contributed by atoms with Crippen molar-refractivity contribution in [1.29, 1.82) is 0 Å². The van der Waals surface area contributed by atoms with Crippen molar-refractivity contribution in [1.82, 2.24) is 9.80 Å². The maximum Gasteiger partial charge on any atom is 0.257 e. The zero-order valence-corrected chi connectivity index (χ0v) is 11.5. The number of carbonyl (C=O) groups is 1. The minimum absolute atomic E-state index is 0.0183. The van der Waals surface area contributed by atoms with Gasteiger partial charge >= 0.3 is 0 Å². The van der Waals surface area contributed by atoms with Crippen molar-refractivity contribution in [3.63, 3.8) is 0 Å². The van der Waals surface area contributed by atoms with Gasteiger partial charge in [0.25, 0.3) is 5.91 Å². The van der Waals surface area contributed by atoms with E-state index in [0.29, 0.717) is 31.7 Å². The molecule has 1 aliphatic rings. The molecule has 20 heavy (non-hydrogen) atoms. The van der Waals surface area contributed by atoms with Gasteiger partial charge in [0.1, 0.15) is 6.26 Å². The normalized spacial score (nSPS) is 19.1. The van der Waals surface area contributed by atoms with Crippen molar-refractivity contribution in [2.24, 2.45) is 10.9 Å². The van der Waals surface area contributed by atoms with E-state index in [0.717, 1.165) is 6.42 Å². The number of rotatable bonds is 4. The van der Waals surface area contributed by atoms with Gasteiger partial charge in [-0.1, -0.05) is 12.1 Å². The minimum Gasteiger partial charge on any atom is -0.472 e. The van der Waals surface area contributed by atoms with Crippen molar-refractivity contribution < 1.29 is 14.4 Å². The lowest BCUT2D eigenvalue weighted by Gasteiger charge is -2.38. The monoisotopic (exact) mass is 280 g/mol. The number of nitrogens with zero attached hydrogens (tertiary/aromatic N) is 3. The van der Waals surface area contributed by atoms with Crippen molar-refractivity contribution in [3.8, 4) is 0 Å². The van der Waals surface area contributed by atoms with E-state index in [-0.39, 0.29) is 17.8 Å². The molecule has 1 unspecified atom stereocenters. The molecule has 3 N–H and O–H groups in total. The quantitative estimate of drug-likeness (QED) is 0.364. The lowest BCUT2D eigenvalue weighted by atomic mass is 10.1. The summed E-state index contributed by atoms with van der Waals surface area (Å²) in [4.78, 5) is 16.1. The van der Waals surface area contributed by atoms with Crippen LogP contribution in [0.25, 0.3) is 0 Å². The molecule has 0 bridgehead atoms. The third-order valence-corrected chi connectivity index (χ3v) is 3.65. The van der Waals surface area contributed by atoms with Gasteiger partial charge < -0.3 is 20.3 Å². The van der Waals surface area contributed by atoms with Crippen LogP contribution in [0.5, 0.6) is 0 Å². The van der Waals surface area contributed by atoms with E-state index in [2.05, 4.69) is 10.1 Å². The van der Waals surface area contributed by atoms with Crippen LogP contribution in [-0.4, -0.2) is 59.0 Å². The first-order valence-electron chi connectivity index (χ1n) is 6.70. The highest BCUT2D eigenvalue weighted by Gasteiger charge is 2.28. The lowest BCUT2D eigenvalue weighted by Crippen LogP contribution is -2.55. The molecule has 1 aliphatic heterocycles. The van der Waals surface area contributed by atoms with Gasteiger partial charge in [-0.25, -0.2) is 0 Å². The van der Waals surface area contributed by atoms with Gasteiger partial charge in [0, 0.05) is 26.2 Å². The SMILES string of the molecule is CCC(C(N)=NO)N1CCN(C(=O)c2ccoc2)CC1. The smallest absolute Gasteiger partial charge is 0.257 e. The largest absolute Gasteiger partial charge is 0.472 e. The second-order valence-electron chi connectivity index (χ2n) is 4.79. The Hall–Kier alpha value is -2.02. The number of amidine groups is 1. The van der Waals surface area contributed by atoms with E-state index in [1.165, 1.54) is 12.5 Å². The highest BCUT2D eigenvalue weighted by Crippen LogP contribution is 2.13. The topological polar surface area (TPSA) is 95.3 Å². The summed E-state index contributed by atoms with van der Waals surface area (Å²) in [6.45, 7) is 4.65. The molecule has 1 saturated heterocycles. The molecule has 1 fully saturated rings. The molecule has 7 nitrogen and oxygen atoms in total. The molecule has 2 rings (SSSR count). The van der Waals surface area contributed by atoms with E-state index in [9.17, 15) is 4.79 Å². The Morgan fingerprint density at radius 2 is 2.20 bits per heavy atom. The first-order valence-corrected chi connectivity index (χ1v) is 6.70. The summed E-state index contributed by atoms with van der Waals surface area (Å²) in [6, 6.07) is 1.59. The second-order valence-corrected chi connectivity index (χ2v) is 4.79. The van der Waals surface area contributed by atoms with E-state index >= 15 is 0 Å². The molecule has 0 saturated carbocycles. The highest BCUT2D eigenvalue weighted by molar-refractivity contribution is 5.94. The molecular weight excluding hydrogens is 260 g/mol. The van der Waals surface area contributed by atoms with Gasteiger partial charge in [0.15, 0.2) is 5.84 Å². The molecule has 7 heteroatoms. The molecule has 0 radical (unpaired) electrons. The second kappa shape index (κ2) is 6.42. The number of hydrogen-bond donors (Lipinski definition) is 2. The summed E-state index contributed by atoms with van der Waals surface area (Å²) in [6.07, 6.45) is 3.72. The Morgan fingerprint density at radius 3 is 2.70 bits per heavy atom. The molecule has 0 aromatic carbocycles. The fourth-order valence-corrected chi connectivity index (χ4v) is 2.53. The number of furan rings is 1. The molecular formula is C13H20N4O3. The summed E-state index contributed by atoms with van der Waals surface area (Å²) in [7, 11) is 0. The molecule has 1 aromatic rings. The van der Waals surface area contributed by atoms with Gasteiger partial charge in [0.05, 0.1) is 17.9 Å². The summed E-state index contributed by atoms with van der Waals surface area (Å²) in [5.74, 6) is 0.206. The molecule has 1 aromatic heterocycles. The van der Waals surface area contributed by atoms with Crippen LogP contribution < -0.4 is 5.73 Å². The number of oxime groups is 1. The van der Waals surface area contributed by atoms with Gasteiger partial charge in [-0.05, 0) is 12.5 Å². The zero-order chi connectivity index (χ0) is 14.5. The number of piperazine rings is 1. The van der Waals surface area contributed by atoms with Crippen LogP contribution in [-0.2, 0) is 0 Å². The van der Waals surface area contributed by atoms with Crippen molar-refractivity contribution in [2.45, 2.75) is 19.4 Å². The van der Waals surface area contributed by atoms with Crippen LogP contribution in [0.15, 0.2) is 28.2 Å². The van der Waals surface area contributed by atoms with Crippen LogP contribution in [0.4, 0.5) is 0 Å².